The number of carbonyl (C=O) groups excluding carboxylic acids is 1. The highest BCUT2D eigenvalue weighted by Crippen LogP contribution is 2.20. The van der Waals surface area contributed by atoms with Crippen molar-refractivity contribution in [3.8, 4) is 0 Å². The van der Waals surface area contributed by atoms with Crippen LogP contribution in [0.2, 0.25) is 0 Å². The largest absolute Gasteiger partial charge is 0.478 e. The molecule has 1 aromatic carbocycles. The van der Waals surface area contributed by atoms with Crippen molar-refractivity contribution in [3.63, 3.8) is 0 Å². The molecule has 0 aliphatic heterocycles. The molecule has 0 radical (unpaired) electrons. The molecule has 0 fully saturated rings. The van der Waals surface area contributed by atoms with E-state index in [4.69, 9.17) is 5.11 Å². The predicted octanol–water partition coefficient (Wildman–Crippen LogP) is 1.34. The Bertz CT molecular complexity index is 516. The van der Waals surface area contributed by atoms with Gasteiger partial charge in [-0.2, -0.15) is 0 Å². The van der Waals surface area contributed by atoms with Crippen LogP contribution in [0, 0.1) is 0 Å². The van der Waals surface area contributed by atoms with Crippen molar-refractivity contribution >= 4 is 38.6 Å². The number of hydrogen-bond donors (Lipinski definition) is 1. The van der Waals surface area contributed by atoms with E-state index in [1.165, 1.54) is 17.0 Å². The molecular formula is C11H12BrNO4S. The molecule has 1 amide bonds. The van der Waals surface area contributed by atoms with E-state index < -0.39 is 16.8 Å². The van der Waals surface area contributed by atoms with E-state index in [1.54, 1.807) is 20.2 Å². The summed E-state index contributed by atoms with van der Waals surface area (Å²) in [5.41, 5.74) is -0.0527. The zero-order valence-corrected chi connectivity index (χ0v) is 12.2. The Morgan fingerprint density at radius 2 is 2.00 bits per heavy atom. The third-order valence-electron chi connectivity index (χ3n) is 2.17. The van der Waals surface area contributed by atoms with E-state index in [-0.39, 0.29) is 22.1 Å². The number of benzene rings is 1. The van der Waals surface area contributed by atoms with Gasteiger partial charge in [0.15, 0.2) is 0 Å². The Kier molecular flexibility index (Phi) is 5.03. The lowest BCUT2D eigenvalue weighted by Crippen LogP contribution is -2.27. The van der Waals surface area contributed by atoms with Crippen molar-refractivity contribution in [2.75, 3.05) is 19.8 Å². The van der Waals surface area contributed by atoms with Gasteiger partial charge in [-0.1, -0.05) is 15.9 Å². The standard InChI is InChI=1S/C11H12BrNO4S/c1-13(2)10(14)6-18(17)9-5-7(12)3-4-8(9)11(15)16/h3-5H,6H2,1-2H3,(H,15,16). The molecule has 0 bridgehead atoms. The summed E-state index contributed by atoms with van der Waals surface area (Å²) >= 11 is 3.19. The van der Waals surface area contributed by atoms with Gasteiger partial charge in [0.2, 0.25) is 5.91 Å². The third kappa shape index (κ3) is 3.64. The third-order valence-corrected chi connectivity index (χ3v) is 4.00. The van der Waals surface area contributed by atoms with Crippen LogP contribution in [0.25, 0.3) is 0 Å². The van der Waals surface area contributed by atoms with E-state index in [0.29, 0.717) is 4.47 Å². The number of carboxylic acid groups (broad SMARTS) is 1. The molecule has 18 heavy (non-hydrogen) atoms. The van der Waals surface area contributed by atoms with Crippen molar-refractivity contribution in [2.24, 2.45) is 0 Å². The molecule has 98 valence electrons. The number of hydrogen-bond acceptors (Lipinski definition) is 3. The molecule has 0 aromatic heterocycles. The molecule has 0 heterocycles. The zero-order valence-electron chi connectivity index (χ0n) is 9.84. The minimum Gasteiger partial charge on any atom is -0.478 e. The summed E-state index contributed by atoms with van der Waals surface area (Å²) in [5.74, 6) is -1.71. The maximum absolute atomic E-state index is 12.0. The van der Waals surface area contributed by atoms with Crippen LogP contribution in [0.3, 0.4) is 0 Å². The quantitative estimate of drug-likeness (QED) is 0.902. The Labute approximate surface area is 115 Å². The fraction of sp³-hybridized carbons (Fsp3) is 0.273. The highest BCUT2D eigenvalue weighted by molar-refractivity contribution is 9.10. The summed E-state index contributed by atoms with van der Waals surface area (Å²) < 4.78 is 12.6. The Morgan fingerprint density at radius 3 is 2.50 bits per heavy atom. The van der Waals surface area contributed by atoms with Gasteiger partial charge in [-0.25, -0.2) is 4.79 Å². The first-order valence-corrected chi connectivity index (χ1v) is 7.05. The number of aromatic carboxylic acids is 1. The SMILES string of the molecule is CN(C)C(=O)CS(=O)c1cc(Br)ccc1C(=O)O. The minimum atomic E-state index is -1.68. The Hall–Kier alpha value is -1.21. The van der Waals surface area contributed by atoms with Crippen LogP contribution < -0.4 is 0 Å². The average molecular weight is 334 g/mol. The van der Waals surface area contributed by atoms with Gasteiger partial charge in [0, 0.05) is 18.6 Å². The zero-order chi connectivity index (χ0) is 13.9. The summed E-state index contributed by atoms with van der Waals surface area (Å²) in [6.45, 7) is 0. The number of carboxylic acids is 1. The van der Waals surface area contributed by atoms with Crippen molar-refractivity contribution < 1.29 is 18.9 Å². The van der Waals surface area contributed by atoms with Crippen LogP contribution in [0.1, 0.15) is 10.4 Å². The summed E-state index contributed by atoms with van der Waals surface area (Å²) in [6.07, 6.45) is 0. The van der Waals surface area contributed by atoms with E-state index in [9.17, 15) is 13.8 Å². The van der Waals surface area contributed by atoms with Crippen LogP contribution in [-0.4, -0.2) is 45.9 Å². The second-order valence-electron chi connectivity index (χ2n) is 3.72. The lowest BCUT2D eigenvalue weighted by molar-refractivity contribution is -0.125. The van der Waals surface area contributed by atoms with E-state index >= 15 is 0 Å². The topological polar surface area (TPSA) is 74.7 Å². The van der Waals surface area contributed by atoms with Gasteiger partial charge >= 0.3 is 5.97 Å². The normalized spacial score (nSPS) is 11.9. The molecule has 1 N–H and O–H groups in total. The molecular weight excluding hydrogens is 322 g/mol. The molecule has 0 spiro atoms. The lowest BCUT2D eigenvalue weighted by atomic mass is 10.2. The van der Waals surface area contributed by atoms with Crippen LogP contribution in [-0.2, 0) is 15.6 Å². The van der Waals surface area contributed by atoms with Crippen LogP contribution in [0.15, 0.2) is 27.6 Å². The van der Waals surface area contributed by atoms with Crippen molar-refractivity contribution in [1.82, 2.24) is 4.90 Å². The number of rotatable bonds is 4. The maximum atomic E-state index is 12.0. The molecule has 0 aliphatic rings. The van der Waals surface area contributed by atoms with Gasteiger partial charge in [0.25, 0.3) is 0 Å². The molecule has 1 atom stereocenters. The molecule has 1 aromatic rings. The van der Waals surface area contributed by atoms with Crippen LogP contribution in [0.4, 0.5) is 0 Å². The summed E-state index contributed by atoms with van der Waals surface area (Å²) in [7, 11) is 1.43. The highest BCUT2D eigenvalue weighted by atomic mass is 79.9. The van der Waals surface area contributed by atoms with E-state index in [1.807, 2.05) is 0 Å². The first-order valence-electron chi connectivity index (χ1n) is 4.94. The Balaban J connectivity index is 3.08. The monoisotopic (exact) mass is 333 g/mol. The fourth-order valence-corrected chi connectivity index (χ4v) is 2.99. The molecule has 1 rings (SSSR count). The minimum absolute atomic E-state index is 0.0527. The summed E-state index contributed by atoms with van der Waals surface area (Å²) in [5, 5.41) is 9.00. The first-order chi connectivity index (χ1) is 8.32. The van der Waals surface area contributed by atoms with Crippen molar-refractivity contribution in [1.29, 1.82) is 0 Å². The van der Waals surface area contributed by atoms with Crippen molar-refractivity contribution in [2.45, 2.75) is 4.90 Å². The number of amides is 1. The first kappa shape index (κ1) is 14.8. The molecule has 1 unspecified atom stereocenters. The van der Waals surface area contributed by atoms with Gasteiger partial charge < -0.3 is 10.0 Å². The van der Waals surface area contributed by atoms with Gasteiger partial charge in [-0.05, 0) is 18.2 Å². The second kappa shape index (κ2) is 6.10. The summed E-state index contributed by atoms with van der Waals surface area (Å²) in [4.78, 5) is 23.9. The molecule has 5 nitrogen and oxygen atoms in total. The highest BCUT2D eigenvalue weighted by Gasteiger charge is 2.18. The van der Waals surface area contributed by atoms with E-state index in [2.05, 4.69) is 15.9 Å². The number of carbonyl (C=O) groups is 2. The van der Waals surface area contributed by atoms with E-state index in [0.717, 1.165) is 0 Å². The van der Waals surface area contributed by atoms with Crippen molar-refractivity contribution in [3.05, 3.63) is 28.2 Å². The number of nitrogens with zero attached hydrogens (tertiary/aromatic N) is 1. The molecule has 0 saturated heterocycles. The van der Waals surface area contributed by atoms with Gasteiger partial charge in [-0.3, -0.25) is 9.00 Å². The number of halogens is 1. The van der Waals surface area contributed by atoms with Crippen LogP contribution >= 0.6 is 15.9 Å². The molecule has 0 saturated carbocycles. The van der Waals surface area contributed by atoms with Gasteiger partial charge in [0.05, 0.1) is 21.3 Å². The fourth-order valence-electron chi connectivity index (χ4n) is 1.18. The average Bonchev–Trinajstić information content (AvgIpc) is 2.28. The molecule has 0 aliphatic carbocycles. The second-order valence-corrected chi connectivity index (χ2v) is 6.06. The maximum Gasteiger partial charge on any atom is 0.336 e. The lowest BCUT2D eigenvalue weighted by Gasteiger charge is -2.11. The summed E-state index contributed by atoms with van der Waals surface area (Å²) in [6, 6.07) is 4.38. The predicted molar refractivity (Wildman–Crippen MR) is 71.1 cm³/mol. The van der Waals surface area contributed by atoms with Crippen LogP contribution in [0.5, 0.6) is 0 Å². The van der Waals surface area contributed by atoms with Gasteiger partial charge in [0.1, 0.15) is 5.75 Å². The Morgan fingerprint density at radius 1 is 1.39 bits per heavy atom. The van der Waals surface area contributed by atoms with Gasteiger partial charge in [-0.15, -0.1) is 0 Å². The molecule has 7 heteroatoms. The smallest absolute Gasteiger partial charge is 0.336 e.